The van der Waals surface area contributed by atoms with Gasteiger partial charge in [0.15, 0.2) is 0 Å². The Labute approximate surface area is 109 Å². The summed E-state index contributed by atoms with van der Waals surface area (Å²) in [5.41, 5.74) is 6.22. The van der Waals surface area contributed by atoms with Crippen LogP contribution in [0.4, 0.5) is 5.69 Å². The summed E-state index contributed by atoms with van der Waals surface area (Å²) >= 11 is 0. The average Bonchev–Trinajstić information content (AvgIpc) is 2.34. The van der Waals surface area contributed by atoms with Crippen LogP contribution in [0.1, 0.15) is 20.3 Å². The molecule has 18 heavy (non-hydrogen) atoms. The average molecular weight is 271 g/mol. The second-order valence-corrected chi connectivity index (χ2v) is 5.78. The first-order valence-electron chi connectivity index (χ1n) is 6.00. The Balaban J connectivity index is 3.28. The quantitative estimate of drug-likeness (QED) is 0.804. The minimum Gasteiger partial charge on any atom is -0.366 e. The molecule has 0 amide bonds. The summed E-state index contributed by atoms with van der Waals surface area (Å²) in [5, 5.41) is 5.25. The van der Waals surface area contributed by atoms with Gasteiger partial charge in [-0.05, 0) is 25.5 Å². The predicted molar refractivity (Wildman–Crippen MR) is 74.0 cm³/mol. The van der Waals surface area contributed by atoms with E-state index in [1.807, 2.05) is 18.7 Å². The molecular formula is C12H21N3O2S. The zero-order valence-corrected chi connectivity index (χ0v) is 11.7. The number of nitrogens with zero attached hydrogens (tertiary/aromatic N) is 1. The Bertz CT molecular complexity index is 488. The molecule has 1 aromatic rings. The minimum absolute atomic E-state index is 0.152. The summed E-state index contributed by atoms with van der Waals surface area (Å²) in [6, 6.07) is 6.96. The normalized spacial score (nSPS) is 13.3. The smallest absolute Gasteiger partial charge is 0.240 e. The van der Waals surface area contributed by atoms with Gasteiger partial charge in [0.05, 0.1) is 5.69 Å². The maximum absolute atomic E-state index is 11.6. The van der Waals surface area contributed by atoms with Crippen LogP contribution in [0.2, 0.25) is 0 Å². The number of para-hydroxylation sites is 1. The lowest BCUT2D eigenvalue weighted by Crippen LogP contribution is -2.38. The first-order chi connectivity index (χ1) is 8.41. The fourth-order valence-electron chi connectivity index (χ4n) is 1.87. The lowest BCUT2D eigenvalue weighted by Gasteiger charge is -2.31. The molecule has 0 radical (unpaired) electrons. The van der Waals surface area contributed by atoms with Crippen molar-refractivity contribution in [3.8, 4) is 0 Å². The third kappa shape index (κ3) is 3.44. The predicted octanol–water partition coefficient (Wildman–Crippen LogP) is 0.898. The third-order valence-corrected chi connectivity index (χ3v) is 3.93. The van der Waals surface area contributed by atoms with Gasteiger partial charge in [-0.1, -0.05) is 19.1 Å². The molecule has 0 saturated carbocycles. The van der Waals surface area contributed by atoms with Gasteiger partial charge in [0.25, 0.3) is 0 Å². The maximum atomic E-state index is 11.6. The van der Waals surface area contributed by atoms with E-state index in [-0.39, 0.29) is 10.9 Å². The van der Waals surface area contributed by atoms with Gasteiger partial charge >= 0.3 is 0 Å². The topological polar surface area (TPSA) is 89.4 Å². The van der Waals surface area contributed by atoms with Crippen molar-refractivity contribution in [2.24, 2.45) is 10.9 Å². The number of primary sulfonamides is 1. The van der Waals surface area contributed by atoms with Crippen molar-refractivity contribution in [2.75, 3.05) is 18.0 Å². The van der Waals surface area contributed by atoms with Crippen LogP contribution in [0.3, 0.4) is 0 Å². The molecule has 0 spiro atoms. The van der Waals surface area contributed by atoms with Crippen molar-refractivity contribution < 1.29 is 8.42 Å². The van der Waals surface area contributed by atoms with Crippen LogP contribution in [0, 0.1) is 0 Å². The Hall–Kier alpha value is -1.11. The fourth-order valence-corrected chi connectivity index (χ4v) is 2.62. The summed E-state index contributed by atoms with van der Waals surface area (Å²) in [6.45, 7) is 5.15. The molecule has 4 N–H and O–H groups in total. The van der Waals surface area contributed by atoms with Gasteiger partial charge in [-0.2, -0.15) is 0 Å². The second-order valence-electron chi connectivity index (χ2n) is 4.25. The van der Waals surface area contributed by atoms with Gasteiger partial charge in [-0.15, -0.1) is 0 Å². The standard InChI is InChI=1S/C12H21N3O2S/c1-3-10(2)15(9-8-13)11-6-4-5-7-12(11)18(14,16)17/h4-7,10H,3,8-9,13H2,1-2H3,(H2,14,16,17). The molecule has 0 aliphatic rings. The summed E-state index contributed by atoms with van der Waals surface area (Å²) in [7, 11) is -3.72. The van der Waals surface area contributed by atoms with Crippen LogP contribution in [0.25, 0.3) is 0 Å². The molecule has 0 bridgehead atoms. The van der Waals surface area contributed by atoms with Crippen molar-refractivity contribution in [1.82, 2.24) is 0 Å². The number of benzene rings is 1. The molecule has 1 aromatic carbocycles. The van der Waals surface area contributed by atoms with Crippen molar-refractivity contribution in [3.05, 3.63) is 24.3 Å². The highest BCUT2D eigenvalue weighted by Gasteiger charge is 2.20. The highest BCUT2D eigenvalue weighted by Crippen LogP contribution is 2.26. The molecule has 102 valence electrons. The van der Waals surface area contributed by atoms with E-state index in [0.29, 0.717) is 18.8 Å². The minimum atomic E-state index is -3.72. The van der Waals surface area contributed by atoms with Gasteiger partial charge in [-0.25, -0.2) is 13.6 Å². The zero-order valence-electron chi connectivity index (χ0n) is 10.8. The molecule has 5 nitrogen and oxygen atoms in total. The molecule has 1 atom stereocenters. The number of hydrogen-bond donors (Lipinski definition) is 2. The number of hydrogen-bond acceptors (Lipinski definition) is 4. The highest BCUT2D eigenvalue weighted by atomic mass is 32.2. The van der Waals surface area contributed by atoms with Gasteiger partial charge in [-0.3, -0.25) is 0 Å². The molecule has 0 aromatic heterocycles. The summed E-state index contributed by atoms with van der Waals surface area (Å²) < 4.78 is 23.2. The fraction of sp³-hybridized carbons (Fsp3) is 0.500. The number of nitrogens with two attached hydrogens (primary N) is 2. The second kappa shape index (κ2) is 6.17. The molecular weight excluding hydrogens is 250 g/mol. The van der Waals surface area contributed by atoms with Crippen LogP contribution in [-0.4, -0.2) is 27.5 Å². The molecule has 0 heterocycles. The molecule has 0 aliphatic carbocycles. The lowest BCUT2D eigenvalue weighted by molar-refractivity contribution is 0.591. The van der Waals surface area contributed by atoms with E-state index >= 15 is 0 Å². The SMILES string of the molecule is CCC(C)N(CCN)c1ccccc1S(N)(=O)=O. The summed E-state index contributed by atoms with van der Waals surface area (Å²) in [5.74, 6) is 0. The molecule has 1 rings (SSSR count). The van der Waals surface area contributed by atoms with Crippen LogP contribution < -0.4 is 15.8 Å². The summed E-state index contributed by atoms with van der Waals surface area (Å²) in [6.07, 6.45) is 0.902. The number of sulfonamides is 1. The Morgan fingerprint density at radius 3 is 2.44 bits per heavy atom. The lowest BCUT2D eigenvalue weighted by atomic mass is 10.2. The molecule has 0 aliphatic heterocycles. The van der Waals surface area contributed by atoms with Crippen molar-refractivity contribution in [2.45, 2.75) is 31.2 Å². The van der Waals surface area contributed by atoms with E-state index in [1.165, 1.54) is 6.07 Å². The van der Waals surface area contributed by atoms with Gasteiger partial charge in [0.2, 0.25) is 10.0 Å². The first-order valence-corrected chi connectivity index (χ1v) is 7.55. The van der Waals surface area contributed by atoms with Crippen molar-refractivity contribution >= 4 is 15.7 Å². The third-order valence-electron chi connectivity index (χ3n) is 2.97. The largest absolute Gasteiger partial charge is 0.366 e. The van der Waals surface area contributed by atoms with Crippen molar-refractivity contribution in [3.63, 3.8) is 0 Å². The van der Waals surface area contributed by atoms with Gasteiger partial charge in [0, 0.05) is 19.1 Å². The molecule has 6 heteroatoms. The molecule has 0 saturated heterocycles. The van der Waals surface area contributed by atoms with Gasteiger partial charge < -0.3 is 10.6 Å². The summed E-state index contributed by atoms with van der Waals surface area (Å²) in [4.78, 5) is 2.14. The van der Waals surface area contributed by atoms with E-state index in [4.69, 9.17) is 10.9 Å². The van der Waals surface area contributed by atoms with Crippen LogP contribution in [0.15, 0.2) is 29.2 Å². The van der Waals surface area contributed by atoms with Crippen LogP contribution in [-0.2, 0) is 10.0 Å². The molecule has 0 fully saturated rings. The van der Waals surface area contributed by atoms with E-state index in [2.05, 4.69) is 0 Å². The van der Waals surface area contributed by atoms with E-state index in [1.54, 1.807) is 18.2 Å². The van der Waals surface area contributed by atoms with Crippen molar-refractivity contribution in [1.29, 1.82) is 0 Å². The van der Waals surface area contributed by atoms with E-state index < -0.39 is 10.0 Å². The monoisotopic (exact) mass is 271 g/mol. The Kier molecular flexibility index (Phi) is 5.13. The number of anilines is 1. The van der Waals surface area contributed by atoms with E-state index in [9.17, 15) is 8.42 Å². The Morgan fingerprint density at radius 1 is 1.33 bits per heavy atom. The highest BCUT2D eigenvalue weighted by molar-refractivity contribution is 7.89. The first kappa shape index (κ1) is 14.9. The zero-order chi connectivity index (χ0) is 13.8. The molecule has 1 unspecified atom stereocenters. The van der Waals surface area contributed by atoms with Gasteiger partial charge in [0.1, 0.15) is 4.90 Å². The Morgan fingerprint density at radius 2 is 1.94 bits per heavy atom. The van der Waals surface area contributed by atoms with Crippen LogP contribution in [0.5, 0.6) is 0 Å². The van der Waals surface area contributed by atoms with E-state index in [0.717, 1.165) is 6.42 Å². The van der Waals surface area contributed by atoms with Crippen LogP contribution >= 0.6 is 0 Å². The number of rotatable bonds is 6. The maximum Gasteiger partial charge on any atom is 0.240 e.